The highest BCUT2D eigenvalue weighted by molar-refractivity contribution is 6.58. The first kappa shape index (κ1) is 12.1. The third kappa shape index (κ3) is 3.14. The maximum absolute atomic E-state index is 10.8. The second-order valence-electron chi connectivity index (χ2n) is 2.44. The van der Waals surface area contributed by atoms with Gasteiger partial charge >= 0.3 is 7.12 Å². The summed E-state index contributed by atoms with van der Waals surface area (Å²) in [4.78, 5) is 14.5. The molecule has 0 unspecified atom stereocenters. The number of aromatic nitrogens is 1. The molecule has 0 bridgehead atoms. The normalized spacial score (nSPS) is 8.85. The van der Waals surface area contributed by atoms with E-state index in [-0.39, 0.29) is 23.7 Å². The van der Waals surface area contributed by atoms with Crippen molar-refractivity contribution in [2.24, 2.45) is 0 Å². The Morgan fingerprint density at radius 1 is 1.46 bits per heavy atom. The predicted octanol–water partition coefficient (Wildman–Crippen LogP) is -0.614. The quantitative estimate of drug-likeness (QED) is 0.494. The number of Topliss-reactive ketones (excluding diaryl/α,β-unsaturated/α-hetero) is 1. The molecule has 0 radical (unpaired) electrons. The minimum Gasteiger partial charge on any atom is -0.423 e. The first-order valence-corrected chi connectivity index (χ1v) is 3.43. The van der Waals surface area contributed by atoms with Crippen LogP contribution in [0.2, 0.25) is 0 Å². The lowest BCUT2D eigenvalue weighted by Gasteiger charge is -1.99. The van der Waals surface area contributed by atoms with Crippen molar-refractivity contribution in [2.45, 2.75) is 6.92 Å². The zero-order chi connectivity index (χ0) is 9.14. The zero-order valence-electron chi connectivity index (χ0n) is 6.97. The van der Waals surface area contributed by atoms with E-state index in [1.54, 1.807) is 0 Å². The Hall–Kier alpha value is -0.905. The minimum absolute atomic E-state index is 0. The zero-order valence-corrected chi connectivity index (χ0v) is 7.78. The van der Waals surface area contributed by atoms with E-state index in [0.717, 1.165) is 0 Å². The van der Waals surface area contributed by atoms with E-state index in [1.807, 2.05) is 0 Å². The topological polar surface area (TPSA) is 70.4 Å². The summed E-state index contributed by atoms with van der Waals surface area (Å²) < 4.78 is 0. The number of ketones is 1. The van der Waals surface area contributed by atoms with Crippen molar-refractivity contribution in [3.05, 3.63) is 24.0 Å². The Balaban J connectivity index is 0.00000144. The number of hydrogen-bond acceptors (Lipinski definition) is 4. The number of nitrogens with zero attached hydrogens (tertiary/aromatic N) is 1. The van der Waals surface area contributed by atoms with E-state index in [4.69, 9.17) is 10.0 Å². The van der Waals surface area contributed by atoms with E-state index in [2.05, 4.69) is 4.98 Å². The molecule has 0 aromatic carbocycles. The number of rotatable bonds is 2. The van der Waals surface area contributed by atoms with Crippen molar-refractivity contribution in [3.63, 3.8) is 0 Å². The maximum atomic E-state index is 10.8. The second kappa shape index (κ2) is 4.96. The van der Waals surface area contributed by atoms with Crippen molar-refractivity contribution in [2.75, 3.05) is 0 Å². The van der Waals surface area contributed by atoms with E-state index >= 15 is 0 Å². The molecule has 4 nitrogen and oxygen atoms in total. The molecule has 13 heavy (non-hydrogen) atoms. The molecule has 0 aliphatic carbocycles. The Morgan fingerprint density at radius 3 is 2.54 bits per heavy atom. The molecule has 2 N–H and O–H groups in total. The third-order valence-corrected chi connectivity index (χ3v) is 1.46. The SMILES string of the molecule is CC(=O)c1cncc(B(O)O)c1.Cl. The van der Waals surface area contributed by atoms with Crippen molar-refractivity contribution < 1.29 is 14.8 Å². The highest BCUT2D eigenvalue weighted by atomic mass is 35.5. The second-order valence-corrected chi connectivity index (χ2v) is 2.44. The largest absolute Gasteiger partial charge is 0.490 e. The fraction of sp³-hybridized carbons (Fsp3) is 0.143. The van der Waals surface area contributed by atoms with E-state index in [0.29, 0.717) is 5.56 Å². The standard InChI is InChI=1S/C7H8BNO3.ClH/c1-5(10)6-2-7(8(11)12)4-9-3-6;/h2-4,11-12H,1H3;1H. The molecule has 1 rings (SSSR count). The molecule has 0 amide bonds. The van der Waals surface area contributed by atoms with Crippen LogP contribution >= 0.6 is 12.4 Å². The van der Waals surface area contributed by atoms with Gasteiger partial charge in [-0.25, -0.2) is 0 Å². The molecule has 70 valence electrons. The van der Waals surface area contributed by atoms with Gasteiger partial charge in [0.05, 0.1) is 0 Å². The van der Waals surface area contributed by atoms with Crippen molar-refractivity contribution in [1.29, 1.82) is 0 Å². The summed E-state index contributed by atoms with van der Waals surface area (Å²) in [5.74, 6) is -0.148. The molecule has 1 heterocycles. The lowest BCUT2D eigenvalue weighted by molar-refractivity contribution is 0.101. The smallest absolute Gasteiger partial charge is 0.423 e. The molecular weight excluding hydrogens is 192 g/mol. The molecule has 0 aliphatic rings. The van der Waals surface area contributed by atoms with Crippen LogP contribution in [0.3, 0.4) is 0 Å². The average molecular weight is 201 g/mol. The first-order valence-electron chi connectivity index (χ1n) is 3.43. The van der Waals surface area contributed by atoms with Gasteiger partial charge in [0.15, 0.2) is 5.78 Å². The first-order chi connectivity index (χ1) is 5.61. The molecule has 0 atom stereocenters. The third-order valence-electron chi connectivity index (χ3n) is 1.46. The number of hydrogen-bond donors (Lipinski definition) is 2. The van der Waals surface area contributed by atoms with E-state index < -0.39 is 7.12 Å². The van der Waals surface area contributed by atoms with Crippen LogP contribution in [0.5, 0.6) is 0 Å². The molecule has 0 saturated heterocycles. The summed E-state index contributed by atoms with van der Waals surface area (Å²) in [5.41, 5.74) is 0.600. The molecule has 0 spiro atoms. The number of carbonyl (C=O) groups is 1. The van der Waals surface area contributed by atoms with Crippen molar-refractivity contribution >= 4 is 30.8 Å². The van der Waals surface area contributed by atoms with Gasteiger partial charge in [0.2, 0.25) is 0 Å². The monoisotopic (exact) mass is 201 g/mol. The van der Waals surface area contributed by atoms with Gasteiger partial charge in [-0.2, -0.15) is 0 Å². The van der Waals surface area contributed by atoms with Crippen LogP contribution in [0.1, 0.15) is 17.3 Å². The van der Waals surface area contributed by atoms with Crippen LogP contribution in [0.25, 0.3) is 0 Å². The van der Waals surface area contributed by atoms with Crippen LogP contribution in [-0.4, -0.2) is 27.9 Å². The van der Waals surface area contributed by atoms with E-state index in [9.17, 15) is 4.79 Å². The van der Waals surface area contributed by atoms with Crippen LogP contribution < -0.4 is 5.46 Å². The van der Waals surface area contributed by atoms with Crippen LogP contribution in [-0.2, 0) is 0 Å². The van der Waals surface area contributed by atoms with Gasteiger partial charge < -0.3 is 10.0 Å². The van der Waals surface area contributed by atoms with Gasteiger partial charge in [-0.1, -0.05) is 0 Å². The summed E-state index contributed by atoms with van der Waals surface area (Å²) in [6, 6.07) is 1.40. The Labute approximate surface area is 82.2 Å². The fourth-order valence-electron chi connectivity index (χ4n) is 0.791. The Kier molecular flexibility index (Phi) is 4.62. The summed E-state index contributed by atoms with van der Waals surface area (Å²) in [6.45, 7) is 1.39. The predicted molar refractivity (Wildman–Crippen MR) is 51.3 cm³/mol. The Bertz CT molecular complexity index is 306. The van der Waals surface area contributed by atoms with Gasteiger partial charge in [0.25, 0.3) is 0 Å². The van der Waals surface area contributed by atoms with E-state index in [1.165, 1.54) is 25.4 Å². The van der Waals surface area contributed by atoms with Crippen LogP contribution in [0.4, 0.5) is 0 Å². The summed E-state index contributed by atoms with van der Waals surface area (Å²) >= 11 is 0. The number of pyridine rings is 1. The van der Waals surface area contributed by atoms with Crippen molar-refractivity contribution in [3.8, 4) is 0 Å². The van der Waals surface area contributed by atoms with Gasteiger partial charge in [-0.3, -0.25) is 9.78 Å². The van der Waals surface area contributed by atoms with Gasteiger partial charge in [-0.15, -0.1) is 12.4 Å². The molecule has 6 heteroatoms. The summed E-state index contributed by atoms with van der Waals surface area (Å²) in [5, 5.41) is 17.5. The summed E-state index contributed by atoms with van der Waals surface area (Å²) in [6.07, 6.45) is 2.69. The number of halogens is 1. The molecule has 0 aliphatic heterocycles. The number of carbonyl (C=O) groups excluding carboxylic acids is 1. The molecule has 0 saturated carbocycles. The molecule has 1 aromatic rings. The lowest BCUT2D eigenvalue weighted by Crippen LogP contribution is -2.30. The molecular formula is C7H9BClNO3. The Morgan fingerprint density at radius 2 is 2.08 bits per heavy atom. The van der Waals surface area contributed by atoms with Crippen molar-refractivity contribution in [1.82, 2.24) is 4.98 Å². The highest BCUT2D eigenvalue weighted by Crippen LogP contribution is 1.94. The van der Waals surface area contributed by atoms with Crippen LogP contribution in [0.15, 0.2) is 18.5 Å². The van der Waals surface area contributed by atoms with Gasteiger partial charge in [-0.05, 0) is 13.0 Å². The van der Waals surface area contributed by atoms with Crippen LogP contribution in [0, 0.1) is 0 Å². The maximum Gasteiger partial charge on any atom is 0.490 e. The average Bonchev–Trinajstić information content (AvgIpc) is 2.04. The fourth-order valence-corrected chi connectivity index (χ4v) is 0.791. The highest BCUT2D eigenvalue weighted by Gasteiger charge is 2.12. The summed E-state index contributed by atoms with van der Waals surface area (Å²) in [7, 11) is -1.57. The molecule has 0 fully saturated rings. The van der Waals surface area contributed by atoms with Gasteiger partial charge in [0, 0.05) is 23.4 Å². The van der Waals surface area contributed by atoms with Gasteiger partial charge in [0.1, 0.15) is 0 Å². The lowest BCUT2D eigenvalue weighted by atomic mass is 9.81. The molecule has 1 aromatic heterocycles. The minimum atomic E-state index is -1.57.